The molecule has 1 aromatic heterocycles. The highest BCUT2D eigenvalue weighted by Gasteiger charge is 2.46. The van der Waals surface area contributed by atoms with Crippen molar-refractivity contribution in [3.05, 3.63) is 77.4 Å². The molecule has 0 N–H and O–H groups in total. The molecule has 7 rings (SSSR count). The Morgan fingerprint density at radius 3 is 2.63 bits per heavy atom. The number of fused-ring (bicyclic) bond motifs is 2. The van der Waals surface area contributed by atoms with Crippen LogP contribution in [0.1, 0.15) is 36.9 Å². The van der Waals surface area contributed by atoms with Gasteiger partial charge < -0.3 is 9.64 Å². The predicted molar refractivity (Wildman–Crippen MR) is 153 cm³/mol. The zero-order valence-electron chi connectivity index (χ0n) is 22.9. The average molecular weight is 581 g/mol. The van der Waals surface area contributed by atoms with E-state index in [1.54, 1.807) is 34.6 Å². The third kappa shape index (κ3) is 5.10. The van der Waals surface area contributed by atoms with Gasteiger partial charge in [-0.25, -0.2) is 21.9 Å². The smallest absolute Gasteiger partial charge is 0.243 e. The Balaban J connectivity index is 1.19. The zero-order valence-corrected chi connectivity index (χ0v) is 23.7. The molecule has 216 valence electrons. The molecule has 0 unspecified atom stereocenters. The maximum absolute atomic E-state index is 14.0. The first kappa shape index (κ1) is 26.8. The van der Waals surface area contributed by atoms with Gasteiger partial charge in [-0.15, -0.1) is 0 Å². The van der Waals surface area contributed by atoms with Crippen molar-refractivity contribution in [2.75, 3.05) is 44.3 Å². The monoisotopic (exact) mass is 580 g/mol. The summed E-state index contributed by atoms with van der Waals surface area (Å²) in [7, 11) is -3.79. The normalized spacial score (nSPS) is 24.7. The van der Waals surface area contributed by atoms with Gasteiger partial charge in [0.05, 0.1) is 29.1 Å². The van der Waals surface area contributed by atoms with Crippen LogP contribution in [0.25, 0.3) is 11.8 Å². The van der Waals surface area contributed by atoms with Crippen LogP contribution in [0.4, 0.5) is 14.5 Å². The molecular weight excluding hydrogens is 546 g/mol. The Bertz CT molecular complexity index is 1580. The molecule has 2 aliphatic heterocycles. The highest BCUT2D eigenvalue weighted by atomic mass is 32.2. The van der Waals surface area contributed by atoms with Gasteiger partial charge in [-0.1, -0.05) is 11.6 Å². The van der Waals surface area contributed by atoms with Crippen molar-refractivity contribution < 1.29 is 21.9 Å². The van der Waals surface area contributed by atoms with Gasteiger partial charge in [0.2, 0.25) is 10.0 Å². The molecule has 7 nitrogen and oxygen atoms in total. The average Bonchev–Trinajstić information content (AvgIpc) is 3.55. The van der Waals surface area contributed by atoms with Crippen LogP contribution >= 0.6 is 0 Å². The molecule has 2 aromatic carbocycles. The molecule has 3 heterocycles. The molecule has 2 atom stereocenters. The van der Waals surface area contributed by atoms with Crippen LogP contribution in [-0.4, -0.2) is 68.1 Å². The lowest BCUT2D eigenvalue weighted by molar-refractivity contribution is 0.0358. The molecule has 0 amide bonds. The summed E-state index contributed by atoms with van der Waals surface area (Å²) in [4.78, 5) is 2.15. The maximum atomic E-state index is 14.0. The van der Waals surface area contributed by atoms with Crippen LogP contribution in [0.2, 0.25) is 0 Å². The summed E-state index contributed by atoms with van der Waals surface area (Å²) in [6.45, 7) is 2.67. The molecule has 2 saturated heterocycles. The van der Waals surface area contributed by atoms with E-state index in [-0.39, 0.29) is 17.3 Å². The van der Waals surface area contributed by atoms with Crippen LogP contribution in [0.5, 0.6) is 0 Å². The number of hydrogen-bond acceptors (Lipinski definition) is 5. The minimum Gasteiger partial charge on any atom is -0.380 e. The number of anilines is 1. The quantitative estimate of drug-likeness (QED) is 0.375. The second-order valence-corrected chi connectivity index (χ2v) is 13.9. The first-order valence-electron chi connectivity index (χ1n) is 14.4. The van der Waals surface area contributed by atoms with Crippen molar-refractivity contribution in [2.45, 2.75) is 43.2 Å². The van der Waals surface area contributed by atoms with E-state index in [4.69, 9.17) is 4.74 Å². The highest BCUT2D eigenvalue weighted by molar-refractivity contribution is 7.89. The molecule has 0 bridgehead atoms. The van der Waals surface area contributed by atoms with Crippen LogP contribution in [0.15, 0.2) is 65.2 Å². The predicted octanol–water partition coefficient (Wildman–Crippen LogP) is 5.01. The van der Waals surface area contributed by atoms with E-state index in [1.165, 1.54) is 25.0 Å². The molecule has 3 aromatic rings. The van der Waals surface area contributed by atoms with Gasteiger partial charge in [0.25, 0.3) is 0 Å². The summed E-state index contributed by atoms with van der Waals surface area (Å²) in [5, 5.41) is 4.62. The molecular formula is C31H34F2N4O3S. The zero-order chi connectivity index (χ0) is 28.2. The standard InChI is InChI=1S/C31H34F2N4O3S/c32-25-6-8-27(9-7-25)37-30-14-24-10-13-36(20-31(24,16-23(30)17-34-37)21-40-19-22-4-5-22)41(38,39)29-3-1-2-28(15-29)35-12-11-26(33)18-35/h1-3,6-9,14-15,17,22,26H,4-5,10-13,16,18-21H2/t26-,31+/m0/s1. The van der Waals surface area contributed by atoms with Gasteiger partial charge in [-0.2, -0.15) is 9.40 Å². The topological polar surface area (TPSA) is 67.7 Å². The third-order valence-electron chi connectivity index (χ3n) is 8.97. The van der Waals surface area contributed by atoms with E-state index in [9.17, 15) is 17.2 Å². The molecule has 0 radical (unpaired) electrons. The Labute approximate surface area is 239 Å². The number of ether oxygens (including phenoxy) is 1. The van der Waals surface area contributed by atoms with Crippen LogP contribution in [-0.2, 0) is 21.2 Å². The lowest BCUT2D eigenvalue weighted by atomic mass is 9.69. The molecule has 3 fully saturated rings. The van der Waals surface area contributed by atoms with Crippen molar-refractivity contribution in [3.63, 3.8) is 0 Å². The Morgan fingerprint density at radius 1 is 1.05 bits per heavy atom. The second-order valence-electron chi connectivity index (χ2n) is 11.9. The minimum atomic E-state index is -3.79. The fourth-order valence-electron chi connectivity index (χ4n) is 6.46. The maximum Gasteiger partial charge on any atom is 0.243 e. The Morgan fingerprint density at radius 2 is 1.88 bits per heavy atom. The van der Waals surface area contributed by atoms with E-state index < -0.39 is 21.6 Å². The highest BCUT2D eigenvalue weighted by Crippen LogP contribution is 2.46. The lowest BCUT2D eigenvalue weighted by Crippen LogP contribution is -2.51. The number of nitrogens with zero attached hydrogens (tertiary/aromatic N) is 4. The first-order chi connectivity index (χ1) is 19.8. The molecule has 1 saturated carbocycles. The second kappa shape index (κ2) is 10.3. The molecule has 10 heteroatoms. The Kier molecular flexibility index (Phi) is 6.75. The third-order valence-corrected chi connectivity index (χ3v) is 10.8. The Hall–Kier alpha value is -3.08. The fraction of sp³-hybridized carbons (Fsp3) is 0.452. The molecule has 41 heavy (non-hydrogen) atoms. The lowest BCUT2D eigenvalue weighted by Gasteiger charge is -2.46. The summed E-state index contributed by atoms with van der Waals surface area (Å²) >= 11 is 0. The SMILES string of the molecule is O=S(=O)(c1cccc(N2CC[C@H](F)C2)c1)N1CCC2=Cc3c(cnn3-c3ccc(F)cc3)C[C@]2(COCC2CC2)C1. The molecule has 4 aliphatic rings. The number of hydrogen-bond donors (Lipinski definition) is 0. The van der Waals surface area contributed by atoms with Crippen molar-refractivity contribution in [1.82, 2.24) is 14.1 Å². The number of alkyl halides is 1. The van der Waals surface area contributed by atoms with Gasteiger partial charge >= 0.3 is 0 Å². The van der Waals surface area contributed by atoms with E-state index in [0.717, 1.165) is 28.2 Å². The summed E-state index contributed by atoms with van der Waals surface area (Å²) in [6, 6.07) is 13.2. The number of rotatable bonds is 8. The van der Waals surface area contributed by atoms with Gasteiger partial charge in [0.1, 0.15) is 12.0 Å². The van der Waals surface area contributed by atoms with Crippen LogP contribution in [0.3, 0.4) is 0 Å². The van der Waals surface area contributed by atoms with E-state index in [1.807, 2.05) is 21.8 Å². The van der Waals surface area contributed by atoms with Gasteiger partial charge in [-0.05, 0) is 92.1 Å². The van der Waals surface area contributed by atoms with Crippen molar-refractivity contribution >= 4 is 21.8 Å². The van der Waals surface area contributed by atoms with Gasteiger partial charge in [0, 0.05) is 43.9 Å². The molecule has 0 spiro atoms. The largest absolute Gasteiger partial charge is 0.380 e. The van der Waals surface area contributed by atoms with Gasteiger partial charge in [0.15, 0.2) is 0 Å². The van der Waals surface area contributed by atoms with Crippen molar-refractivity contribution in [1.29, 1.82) is 0 Å². The number of benzene rings is 2. The number of aromatic nitrogens is 2. The molecule has 2 aliphatic carbocycles. The number of sulfonamides is 1. The van der Waals surface area contributed by atoms with Crippen molar-refractivity contribution in [3.8, 4) is 5.69 Å². The minimum absolute atomic E-state index is 0.236. The van der Waals surface area contributed by atoms with E-state index in [2.05, 4.69) is 11.2 Å². The summed E-state index contributed by atoms with van der Waals surface area (Å²) in [6.07, 6.45) is 7.10. The van der Waals surface area contributed by atoms with Crippen LogP contribution in [0, 0.1) is 17.2 Å². The number of halogens is 2. The van der Waals surface area contributed by atoms with Crippen LogP contribution < -0.4 is 4.90 Å². The number of piperidine rings is 1. The summed E-state index contributed by atoms with van der Waals surface area (Å²) < 4.78 is 65.1. The first-order valence-corrected chi connectivity index (χ1v) is 15.9. The fourth-order valence-corrected chi connectivity index (χ4v) is 8.03. The van der Waals surface area contributed by atoms with Crippen molar-refractivity contribution in [2.24, 2.45) is 11.3 Å². The van der Waals surface area contributed by atoms with E-state index in [0.29, 0.717) is 58.0 Å². The van der Waals surface area contributed by atoms with E-state index >= 15 is 0 Å². The summed E-state index contributed by atoms with van der Waals surface area (Å²) in [5.74, 6) is 0.297. The summed E-state index contributed by atoms with van der Waals surface area (Å²) in [5.41, 5.74) is 4.14. The van der Waals surface area contributed by atoms with Gasteiger partial charge in [-0.3, -0.25) is 0 Å².